The zero-order valence-corrected chi connectivity index (χ0v) is 9.83. The lowest BCUT2D eigenvalue weighted by molar-refractivity contribution is -0.112. The highest BCUT2D eigenvalue weighted by Gasteiger charge is 2.07. The van der Waals surface area contributed by atoms with Crippen LogP contribution in [0.3, 0.4) is 0 Å². The first-order chi connectivity index (χ1) is 7.68. The van der Waals surface area contributed by atoms with Gasteiger partial charge >= 0.3 is 0 Å². The molecule has 0 atom stereocenters. The van der Waals surface area contributed by atoms with Gasteiger partial charge in [-0.05, 0) is 24.3 Å². The van der Waals surface area contributed by atoms with E-state index < -0.39 is 0 Å². The van der Waals surface area contributed by atoms with Crippen LogP contribution in [0.2, 0.25) is 5.02 Å². The molecule has 0 saturated carbocycles. The molecule has 5 heteroatoms. The second-order valence-electron chi connectivity index (χ2n) is 3.13. The molecule has 2 rings (SSSR count). The smallest absolute Gasteiger partial charge is 0.223 e. The van der Waals surface area contributed by atoms with E-state index in [-0.39, 0.29) is 11.7 Å². The first-order valence-corrected chi connectivity index (χ1v) is 5.39. The summed E-state index contributed by atoms with van der Waals surface area (Å²) in [5.41, 5.74) is 0.643. The Balaban J connectivity index is 2.46. The minimum atomic E-state index is -0.334. The summed E-state index contributed by atoms with van der Waals surface area (Å²) in [6.07, 6.45) is 1.65. The van der Waals surface area contributed by atoms with Gasteiger partial charge in [-0.1, -0.05) is 11.6 Å². The summed E-state index contributed by atoms with van der Waals surface area (Å²) in [5.74, 6) is 0.530. The third kappa shape index (κ3) is 2.28. The third-order valence-electron chi connectivity index (χ3n) is 2.03. The van der Waals surface area contributed by atoms with Crippen LogP contribution in [-0.2, 0) is 4.79 Å². The second-order valence-corrected chi connectivity index (χ2v) is 4.03. The van der Waals surface area contributed by atoms with Gasteiger partial charge in [0.1, 0.15) is 11.3 Å². The van der Waals surface area contributed by atoms with Crippen LogP contribution in [0, 0.1) is 0 Å². The number of ether oxygens (including phenoxy) is 1. The van der Waals surface area contributed by atoms with Gasteiger partial charge < -0.3 is 4.74 Å². The van der Waals surface area contributed by atoms with Crippen molar-refractivity contribution in [2.24, 2.45) is 0 Å². The molecule has 1 heterocycles. The Labute approximate surface area is 103 Å². The van der Waals surface area contributed by atoms with E-state index in [1.54, 1.807) is 24.4 Å². The minimum absolute atomic E-state index is 0.0869. The average Bonchev–Trinajstić information content (AvgIpc) is 2.28. The molecule has 0 radical (unpaired) electrons. The van der Waals surface area contributed by atoms with Crippen molar-refractivity contribution in [2.75, 3.05) is 6.61 Å². The number of rotatable bonds is 3. The maximum atomic E-state index is 10.7. The number of hydrogen-bond acceptors (Lipinski definition) is 3. The lowest BCUT2D eigenvalue weighted by atomic mass is 10.2. The largest absolute Gasteiger partial charge is 0.483 e. The highest BCUT2D eigenvalue weighted by Crippen LogP contribution is 2.29. The summed E-state index contributed by atoms with van der Waals surface area (Å²) in [7, 11) is 0. The molecule has 2 aromatic rings. The molecule has 1 aromatic carbocycles. The van der Waals surface area contributed by atoms with E-state index in [2.05, 4.69) is 17.6 Å². The Morgan fingerprint density at radius 2 is 2.25 bits per heavy atom. The predicted octanol–water partition coefficient (Wildman–Crippen LogP) is 2.72. The SMILES string of the molecule is O=C(S)COc1ccc(Cl)c2cccnc12. The van der Waals surface area contributed by atoms with Crippen molar-refractivity contribution < 1.29 is 9.53 Å². The number of fused-ring (bicyclic) bond motifs is 1. The number of halogens is 1. The molecular weight excluding hydrogens is 246 g/mol. The van der Waals surface area contributed by atoms with Gasteiger partial charge in [0, 0.05) is 11.6 Å². The van der Waals surface area contributed by atoms with Crippen LogP contribution in [0.1, 0.15) is 0 Å². The summed E-state index contributed by atoms with van der Waals surface area (Å²) in [6.45, 7) is -0.0869. The summed E-state index contributed by atoms with van der Waals surface area (Å²) in [5, 5.41) is 1.07. The predicted molar refractivity (Wildman–Crippen MR) is 66.2 cm³/mol. The number of carbonyl (C=O) groups is 1. The zero-order chi connectivity index (χ0) is 11.5. The van der Waals surface area contributed by atoms with Crippen molar-refractivity contribution >= 4 is 40.2 Å². The highest BCUT2D eigenvalue weighted by molar-refractivity contribution is 7.96. The third-order valence-corrected chi connectivity index (χ3v) is 2.49. The fraction of sp³-hybridized carbons (Fsp3) is 0.0909. The monoisotopic (exact) mass is 253 g/mol. The molecule has 0 bridgehead atoms. The first kappa shape index (κ1) is 11.2. The van der Waals surface area contributed by atoms with Gasteiger partial charge in [-0.15, -0.1) is 12.6 Å². The van der Waals surface area contributed by atoms with Crippen LogP contribution in [0.25, 0.3) is 10.9 Å². The molecule has 0 spiro atoms. The van der Waals surface area contributed by atoms with Gasteiger partial charge in [-0.25, -0.2) is 0 Å². The van der Waals surface area contributed by atoms with E-state index in [4.69, 9.17) is 16.3 Å². The van der Waals surface area contributed by atoms with Gasteiger partial charge in [0.05, 0.1) is 5.02 Å². The van der Waals surface area contributed by atoms with Crippen molar-refractivity contribution in [3.8, 4) is 5.75 Å². The number of thiol groups is 1. The summed E-state index contributed by atoms with van der Waals surface area (Å²) in [4.78, 5) is 14.9. The van der Waals surface area contributed by atoms with Crippen LogP contribution >= 0.6 is 24.2 Å². The molecule has 0 amide bonds. The van der Waals surface area contributed by atoms with E-state index in [1.807, 2.05) is 6.07 Å². The Hall–Kier alpha value is -1.26. The van der Waals surface area contributed by atoms with Crippen LogP contribution in [0.15, 0.2) is 30.5 Å². The second kappa shape index (κ2) is 4.72. The van der Waals surface area contributed by atoms with E-state index in [9.17, 15) is 4.79 Å². The molecule has 0 aliphatic carbocycles. The number of carbonyl (C=O) groups excluding carboxylic acids is 1. The number of nitrogens with zero attached hydrogens (tertiary/aromatic N) is 1. The van der Waals surface area contributed by atoms with Gasteiger partial charge in [0.2, 0.25) is 5.12 Å². The average molecular weight is 254 g/mol. The van der Waals surface area contributed by atoms with Gasteiger partial charge in [-0.3, -0.25) is 9.78 Å². The summed E-state index contributed by atoms with van der Waals surface area (Å²) < 4.78 is 5.29. The molecule has 0 fully saturated rings. The fourth-order valence-corrected chi connectivity index (χ4v) is 1.65. The number of aromatic nitrogens is 1. The first-order valence-electron chi connectivity index (χ1n) is 4.56. The number of pyridine rings is 1. The van der Waals surface area contributed by atoms with E-state index >= 15 is 0 Å². The molecule has 82 valence electrons. The quantitative estimate of drug-likeness (QED) is 0.855. The number of hydrogen-bond donors (Lipinski definition) is 1. The Kier molecular flexibility index (Phi) is 3.31. The molecule has 0 unspecified atom stereocenters. The molecule has 3 nitrogen and oxygen atoms in total. The van der Waals surface area contributed by atoms with Crippen LogP contribution in [-0.4, -0.2) is 16.7 Å². The van der Waals surface area contributed by atoms with Crippen molar-refractivity contribution in [2.45, 2.75) is 0 Å². The van der Waals surface area contributed by atoms with Crippen LogP contribution < -0.4 is 4.74 Å². The molecule has 0 aliphatic rings. The Morgan fingerprint density at radius 3 is 3.00 bits per heavy atom. The topological polar surface area (TPSA) is 39.2 Å². The van der Waals surface area contributed by atoms with Crippen LogP contribution in [0.4, 0.5) is 0 Å². The zero-order valence-electron chi connectivity index (χ0n) is 8.18. The highest BCUT2D eigenvalue weighted by atomic mass is 35.5. The number of benzene rings is 1. The van der Waals surface area contributed by atoms with E-state index in [1.165, 1.54) is 0 Å². The minimum Gasteiger partial charge on any atom is -0.483 e. The van der Waals surface area contributed by atoms with Crippen molar-refractivity contribution in [3.63, 3.8) is 0 Å². The molecular formula is C11H8ClNO2S. The molecule has 1 aromatic heterocycles. The fourth-order valence-electron chi connectivity index (χ4n) is 1.37. The lowest BCUT2D eigenvalue weighted by Gasteiger charge is -2.07. The van der Waals surface area contributed by atoms with Crippen molar-refractivity contribution in [1.82, 2.24) is 4.98 Å². The van der Waals surface area contributed by atoms with Crippen molar-refractivity contribution in [3.05, 3.63) is 35.5 Å². The Bertz CT molecular complexity index is 544. The summed E-state index contributed by atoms with van der Waals surface area (Å²) in [6, 6.07) is 7.04. The molecule has 0 saturated heterocycles. The van der Waals surface area contributed by atoms with Crippen molar-refractivity contribution in [1.29, 1.82) is 0 Å². The standard InChI is InChI=1S/C11H8ClNO2S/c12-8-3-4-9(15-6-10(14)16)11-7(8)2-1-5-13-11/h1-5H,6H2,(H,14,16). The van der Waals surface area contributed by atoms with Gasteiger partial charge in [-0.2, -0.15) is 0 Å². The summed E-state index contributed by atoms with van der Waals surface area (Å²) >= 11 is 9.65. The Morgan fingerprint density at radius 1 is 1.44 bits per heavy atom. The van der Waals surface area contributed by atoms with Gasteiger partial charge in [0.25, 0.3) is 0 Å². The van der Waals surface area contributed by atoms with E-state index in [0.717, 1.165) is 5.39 Å². The van der Waals surface area contributed by atoms with E-state index in [0.29, 0.717) is 16.3 Å². The maximum absolute atomic E-state index is 10.7. The molecule has 16 heavy (non-hydrogen) atoms. The lowest BCUT2D eigenvalue weighted by Crippen LogP contribution is -2.05. The molecule has 0 N–H and O–H groups in total. The van der Waals surface area contributed by atoms with Gasteiger partial charge in [0.15, 0.2) is 6.61 Å². The molecule has 0 aliphatic heterocycles. The normalized spacial score (nSPS) is 10.4. The van der Waals surface area contributed by atoms with Crippen LogP contribution in [0.5, 0.6) is 5.75 Å². The maximum Gasteiger partial charge on any atom is 0.223 e.